The Hall–Kier alpha value is -0.100. The fraction of sp³-hybridized carbons (Fsp3) is 0.714. The zero-order chi connectivity index (χ0) is 14.2. The first-order valence-corrected chi connectivity index (χ1v) is 10.1. The largest absolute Gasteiger partial charge is 0.244 e. The number of thiophene rings is 1. The Morgan fingerprint density at radius 3 is 2.80 bits per heavy atom. The molecule has 1 aliphatic carbocycles. The quantitative estimate of drug-likeness (QED) is 0.788. The van der Waals surface area contributed by atoms with Crippen molar-refractivity contribution in [1.82, 2.24) is 4.31 Å². The van der Waals surface area contributed by atoms with Gasteiger partial charge in [-0.3, -0.25) is 0 Å². The zero-order valence-corrected chi connectivity index (χ0v) is 13.8. The maximum Gasteiger partial charge on any atom is 0.244 e. The molecule has 0 aromatic carbocycles. The van der Waals surface area contributed by atoms with Gasteiger partial charge in [-0.25, -0.2) is 8.42 Å². The van der Waals surface area contributed by atoms with Crippen molar-refractivity contribution in [3.05, 3.63) is 16.3 Å². The third kappa shape index (κ3) is 2.54. The second kappa shape index (κ2) is 5.95. The van der Waals surface area contributed by atoms with Crippen molar-refractivity contribution in [2.24, 2.45) is 5.92 Å². The summed E-state index contributed by atoms with van der Waals surface area (Å²) < 4.78 is 27.7. The van der Waals surface area contributed by atoms with Crippen LogP contribution in [0.2, 0.25) is 0 Å². The van der Waals surface area contributed by atoms with Crippen LogP contribution in [0.3, 0.4) is 0 Å². The minimum atomic E-state index is -3.37. The molecule has 0 spiro atoms. The molecular weight excluding hydrogens is 314 g/mol. The number of piperidine rings is 1. The third-order valence-corrected chi connectivity index (χ3v) is 8.09. The molecule has 1 aromatic rings. The molecule has 1 saturated carbocycles. The highest BCUT2D eigenvalue weighted by Gasteiger charge is 2.40. The van der Waals surface area contributed by atoms with Gasteiger partial charge >= 0.3 is 0 Å². The number of nitrogens with zero attached hydrogens (tertiary/aromatic N) is 1. The second-order valence-electron chi connectivity index (χ2n) is 5.71. The molecule has 0 radical (unpaired) electrons. The van der Waals surface area contributed by atoms with E-state index in [4.69, 9.17) is 11.6 Å². The van der Waals surface area contributed by atoms with E-state index in [9.17, 15) is 8.42 Å². The highest BCUT2D eigenvalue weighted by atomic mass is 35.5. The van der Waals surface area contributed by atoms with E-state index in [1.165, 1.54) is 30.6 Å². The third-order valence-electron chi connectivity index (χ3n) is 4.60. The first kappa shape index (κ1) is 14.8. The molecule has 1 aromatic heterocycles. The number of hydrogen-bond acceptors (Lipinski definition) is 3. The summed E-state index contributed by atoms with van der Waals surface area (Å²) in [6.45, 7) is 0.668. The van der Waals surface area contributed by atoms with Gasteiger partial charge < -0.3 is 0 Å². The predicted molar refractivity (Wildman–Crippen MR) is 82.7 cm³/mol. The van der Waals surface area contributed by atoms with Crippen molar-refractivity contribution in [3.8, 4) is 0 Å². The molecule has 2 fully saturated rings. The summed E-state index contributed by atoms with van der Waals surface area (Å²) in [6, 6.07) is 1.93. The molecule has 2 heterocycles. The van der Waals surface area contributed by atoms with Gasteiger partial charge in [0.1, 0.15) is 0 Å². The SMILES string of the molecule is O=S(=O)(c1ccsc1CCl)N1CCC[C@H]2CCCC[C@H]21. The van der Waals surface area contributed by atoms with E-state index in [0.29, 0.717) is 17.4 Å². The minimum absolute atomic E-state index is 0.213. The molecule has 0 bridgehead atoms. The van der Waals surface area contributed by atoms with Crippen molar-refractivity contribution in [2.75, 3.05) is 6.54 Å². The lowest BCUT2D eigenvalue weighted by molar-refractivity contribution is 0.129. The van der Waals surface area contributed by atoms with Crippen molar-refractivity contribution in [2.45, 2.75) is 55.3 Å². The van der Waals surface area contributed by atoms with Gasteiger partial charge in [0.05, 0.1) is 10.8 Å². The first-order valence-electron chi connectivity index (χ1n) is 7.29. The zero-order valence-electron chi connectivity index (χ0n) is 11.4. The van der Waals surface area contributed by atoms with E-state index < -0.39 is 10.0 Å². The lowest BCUT2D eigenvalue weighted by atomic mass is 9.79. The summed E-state index contributed by atoms with van der Waals surface area (Å²) in [7, 11) is -3.37. The van der Waals surface area contributed by atoms with E-state index in [1.54, 1.807) is 10.4 Å². The van der Waals surface area contributed by atoms with Gasteiger partial charge in [0.15, 0.2) is 0 Å². The van der Waals surface area contributed by atoms with Gasteiger partial charge in [0.2, 0.25) is 10.0 Å². The van der Waals surface area contributed by atoms with E-state index in [0.717, 1.165) is 24.1 Å². The Morgan fingerprint density at radius 2 is 2.00 bits per heavy atom. The smallest absolute Gasteiger partial charge is 0.207 e. The highest BCUT2D eigenvalue weighted by molar-refractivity contribution is 7.89. The Kier molecular flexibility index (Phi) is 4.41. The lowest BCUT2D eigenvalue weighted by Crippen LogP contribution is -2.49. The first-order chi connectivity index (χ1) is 9.64. The Balaban J connectivity index is 1.93. The van der Waals surface area contributed by atoms with Crippen molar-refractivity contribution in [1.29, 1.82) is 0 Å². The highest BCUT2D eigenvalue weighted by Crippen LogP contribution is 2.39. The minimum Gasteiger partial charge on any atom is -0.207 e. The molecule has 1 aliphatic heterocycles. The van der Waals surface area contributed by atoms with Crippen LogP contribution in [0, 0.1) is 5.92 Å². The van der Waals surface area contributed by atoms with Crippen LogP contribution < -0.4 is 0 Å². The molecule has 0 unspecified atom stereocenters. The summed E-state index contributed by atoms with van der Waals surface area (Å²) in [6.07, 6.45) is 6.77. The second-order valence-corrected chi connectivity index (χ2v) is 8.84. The Labute approximate surface area is 130 Å². The van der Waals surface area contributed by atoms with Crippen LogP contribution in [0.15, 0.2) is 16.3 Å². The van der Waals surface area contributed by atoms with E-state index in [1.807, 2.05) is 5.38 Å². The molecule has 3 nitrogen and oxygen atoms in total. The maximum absolute atomic E-state index is 13.0. The lowest BCUT2D eigenvalue weighted by Gasteiger charge is -2.43. The average Bonchev–Trinajstić information content (AvgIpc) is 2.96. The summed E-state index contributed by atoms with van der Waals surface area (Å²) >= 11 is 7.32. The number of fused-ring (bicyclic) bond motifs is 1. The Morgan fingerprint density at radius 1 is 1.25 bits per heavy atom. The molecule has 0 N–H and O–H groups in total. The van der Waals surface area contributed by atoms with Crippen LogP contribution in [0.4, 0.5) is 0 Å². The summed E-state index contributed by atoms with van der Waals surface area (Å²) in [5.41, 5.74) is 0. The Bertz CT molecular complexity index is 567. The van der Waals surface area contributed by atoms with Gasteiger partial charge in [0.25, 0.3) is 0 Å². The van der Waals surface area contributed by atoms with Gasteiger partial charge in [-0.1, -0.05) is 12.8 Å². The molecule has 3 rings (SSSR count). The van der Waals surface area contributed by atoms with Crippen molar-refractivity contribution >= 4 is 33.0 Å². The monoisotopic (exact) mass is 333 g/mol. The molecule has 2 atom stereocenters. The van der Waals surface area contributed by atoms with Crippen LogP contribution in [-0.4, -0.2) is 25.3 Å². The summed E-state index contributed by atoms with van der Waals surface area (Å²) in [5, 5.41) is 1.83. The van der Waals surface area contributed by atoms with Gasteiger partial charge in [-0.05, 0) is 43.0 Å². The summed E-state index contributed by atoms with van der Waals surface area (Å²) in [5.74, 6) is 0.833. The standard InChI is InChI=1S/C14H20ClNO2S2/c15-10-13-14(7-9-19-13)20(17,18)16-8-3-5-11-4-1-2-6-12(11)16/h7,9,11-12H,1-6,8,10H2/t11-,12-/m1/s1. The number of sulfonamides is 1. The number of rotatable bonds is 3. The summed E-state index contributed by atoms with van der Waals surface area (Å²) in [4.78, 5) is 1.20. The fourth-order valence-corrected chi connectivity index (χ4v) is 7.09. The van der Waals surface area contributed by atoms with Crippen LogP contribution in [0.5, 0.6) is 0 Å². The van der Waals surface area contributed by atoms with E-state index >= 15 is 0 Å². The molecular formula is C14H20ClNO2S2. The molecule has 2 aliphatic rings. The molecule has 0 amide bonds. The van der Waals surface area contributed by atoms with Gasteiger partial charge in [-0.2, -0.15) is 4.31 Å². The predicted octanol–water partition coefficient (Wildman–Crippen LogP) is 3.83. The molecule has 6 heteroatoms. The molecule has 20 heavy (non-hydrogen) atoms. The normalized spacial score (nSPS) is 28.2. The number of hydrogen-bond donors (Lipinski definition) is 0. The van der Waals surface area contributed by atoms with E-state index in [-0.39, 0.29) is 11.9 Å². The van der Waals surface area contributed by atoms with Gasteiger partial charge in [-0.15, -0.1) is 22.9 Å². The topological polar surface area (TPSA) is 37.4 Å². The maximum atomic E-state index is 13.0. The number of halogens is 1. The van der Waals surface area contributed by atoms with Crippen molar-refractivity contribution < 1.29 is 8.42 Å². The average molecular weight is 334 g/mol. The van der Waals surface area contributed by atoms with Crippen LogP contribution >= 0.6 is 22.9 Å². The van der Waals surface area contributed by atoms with Crippen LogP contribution in [-0.2, 0) is 15.9 Å². The van der Waals surface area contributed by atoms with E-state index in [2.05, 4.69) is 0 Å². The number of alkyl halides is 1. The molecule has 112 valence electrons. The van der Waals surface area contributed by atoms with Crippen LogP contribution in [0.1, 0.15) is 43.4 Å². The fourth-order valence-electron chi connectivity index (χ4n) is 3.66. The molecule has 1 saturated heterocycles. The van der Waals surface area contributed by atoms with Crippen molar-refractivity contribution in [3.63, 3.8) is 0 Å². The van der Waals surface area contributed by atoms with Crippen LogP contribution in [0.25, 0.3) is 0 Å². The van der Waals surface area contributed by atoms with Gasteiger partial charge in [0, 0.05) is 17.5 Å².